The summed E-state index contributed by atoms with van der Waals surface area (Å²) in [5.41, 5.74) is 0. The van der Waals surface area contributed by atoms with Crippen LogP contribution in [0, 0.1) is 0 Å². The zero-order valence-corrected chi connectivity index (χ0v) is 11.9. The van der Waals surface area contributed by atoms with Gasteiger partial charge in [-0.1, -0.05) is 0 Å². The van der Waals surface area contributed by atoms with E-state index in [2.05, 4.69) is 5.10 Å². The Bertz CT molecular complexity index is 583. The third-order valence-electron chi connectivity index (χ3n) is 3.08. The number of aromatic nitrogens is 2. The van der Waals surface area contributed by atoms with E-state index in [0.717, 1.165) is 0 Å². The molecule has 1 fully saturated rings. The summed E-state index contributed by atoms with van der Waals surface area (Å²) in [4.78, 5) is 10.6. The molecule has 2 rings (SSSR count). The first-order valence-corrected chi connectivity index (χ1v) is 7.69. The minimum absolute atomic E-state index is 0.0802. The fourth-order valence-electron chi connectivity index (χ4n) is 2.01. The van der Waals surface area contributed by atoms with Gasteiger partial charge in [0, 0.05) is 18.8 Å². The zero-order valence-electron chi connectivity index (χ0n) is 11.1. The van der Waals surface area contributed by atoms with Crippen LogP contribution in [0.3, 0.4) is 0 Å². The maximum absolute atomic E-state index is 12.4. The van der Waals surface area contributed by atoms with E-state index in [9.17, 15) is 13.2 Å². The molecule has 1 aliphatic heterocycles. The number of carboxylic acid groups (broad SMARTS) is 1. The van der Waals surface area contributed by atoms with Crippen LogP contribution in [-0.4, -0.2) is 59.4 Å². The molecule has 0 bridgehead atoms. The molecule has 1 aromatic rings. The number of aliphatic carboxylic acids is 1. The summed E-state index contributed by atoms with van der Waals surface area (Å²) in [6.45, 7) is 2.97. The average Bonchev–Trinajstić information content (AvgIpc) is 2.86. The smallest absolute Gasteiger partial charge is 0.305 e. The van der Waals surface area contributed by atoms with Gasteiger partial charge >= 0.3 is 5.97 Å². The van der Waals surface area contributed by atoms with Crippen molar-refractivity contribution < 1.29 is 23.1 Å². The molecule has 1 saturated heterocycles. The lowest BCUT2D eigenvalue weighted by atomic mass is 10.3. The predicted octanol–water partition coefficient (Wildman–Crippen LogP) is -0.233. The van der Waals surface area contributed by atoms with Crippen LogP contribution in [0.2, 0.25) is 0 Å². The highest BCUT2D eigenvalue weighted by molar-refractivity contribution is 7.89. The number of hydrogen-bond donors (Lipinski definition) is 1. The molecule has 0 unspecified atom stereocenters. The number of carboxylic acids is 1. The third-order valence-corrected chi connectivity index (χ3v) is 5.04. The number of aryl methyl sites for hydroxylation is 1. The quantitative estimate of drug-likeness (QED) is 0.806. The van der Waals surface area contributed by atoms with Crippen molar-refractivity contribution in [3.05, 3.63) is 12.4 Å². The van der Waals surface area contributed by atoms with Crippen molar-refractivity contribution in [3.63, 3.8) is 0 Å². The molecule has 0 amide bonds. The van der Waals surface area contributed by atoms with Crippen LogP contribution in [-0.2, 0) is 26.1 Å². The molecule has 1 atom stereocenters. The molecule has 8 nitrogen and oxygen atoms in total. The van der Waals surface area contributed by atoms with Gasteiger partial charge in [-0.05, 0) is 6.92 Å². The molecule has 2 heterocycles. The van der Waals surface area contributed by atoms with E-state index >= 15 is 0 Å². The third kappa shape index (κ3) is 3.17. The fraction of sp³-hybridized carbons (Fsp3) is 0.636. The maximum Gasteiger partial charge on any atom is 0.305 e. The van der Waals surface area contributed by atoms with Crippen LogP contribution < -0.4 is 0 Å². The van der Waals surface area contributed by atoms with E-state index in [1.54, 1.807) is 6.92 Å². The monoisotopic (exact) mass is 303 g/mol. The molecular formula is C11H17N3O5S. The topological polar surface area (TPSA) is 102 Å². The predicted molar refractivity (Wildman–Crippen MR) is 68.7 cm³/mol. The molecule has 1 aromatic heterocycles. The highest BCUT2D eigenvalue weighted by Gasteiger charge is 2.32. The SMILES string of the molecule is C[C@@H]1COCCN1S(=O)(=O)c1cnn(CCC(=O)O)c1. The normalized spacial score (nSPS) is 20.9. The Morgan fingerprint density at radius 3 is 3.00 bits per heavy atom. The first-order chi connectivity index (χ1) is 9.41. The van der Waals surface area contributed by atoms with Gasteiger partial charge in [-0.3, -0.25) is 9.48 Å². The second kappa shape index (κ2) is 5.90. The molecule has 0 aromatic carbocycles. The lowest BCUT2D eigenvalue weighted by Gasteiger charge is -2.31. The molecule has 20 heavy (non-hydrogen) atoms. The van der Waals surface area contributed by atoms with E-state index in [1.807, 2.05) is 0 Å². The number of carbonyl (C=O) groups is 1. The van der Waals surface area contributed by atoms with Gasteiger partial charge in [-0.15, -0.1) is 0 Å². The van der Waals surface area contributed by atoms with Crippen molar-refractivity contribution in [2.24, 2.45) is 0 Å². The molecule has 9 heteroatoms. The first-order valence-electron chi connectivity index (χ1n) is 6.25. The van der Waals surface area contributed by atoms with Gasteiger partial charge in [0.25, 0.3) is 0 Å². The second-order valence-electron chi connectivity index (χ2n) is 4.62. The highest BCUT2D eigenvalue weighted by Crippen LogP contribution is 2.19. The molecule has 0 radical (unpaired) electrons. The summed E-state index contributed by atoms with van der Waals surface area (Å²) in [5.74, 6) is -0.952. The number of morpholine rings is 1. The van der Waals surface area contributed by atoms with Gasteiger partial charge in [0.15, 0.2) is 0 Å². The van der Waals surface area contributed by atoms with E-state index in [4.69, 9.17) is 9.84 Å². The molecule has 112 valence electrons. The summed E-state index contributed by atoms with van der Waals surface area (Å²) < 4.78 is 32.8. The zero-order chi connectivity index (χ0) is 14.8. The summed E-state index contributed by atoms with van der Waals surface area (Å²) in [5, 5.41) is 12.5. The number of ether oxygens (including phenoxy) is 1. The Morgan fingerprint density at radius 2 is 2.35 bits per heavy atom. The van der Waals surface area contributed by atoms with Crippen molar-refractivity contribution in [2.45, 2.75) is 30.8 Å². The van der Waals surface area contributed by atoms with E-state index in [1.165, 1.54) is 21.4 Å². The van der Waals surface area contributed by atoms with Crippen molar-refractivity contribution in [1.29, 1.82) is 0 Å². The van der Waals surface area contributed by atoms with Crippen LogP contribution in [0.25, 0.3) is 0 Å². The van der Waals surface area contributed by atoms with E-state index < -0.39 is 16.0 Å². The van der Waals surface area contributed by atoms with E-state index in [0.29, 0.717) is 19.8 Å². The van der Waals surface area contributed by atoms with Crippen molar-refractivity contribution in [2.75, 3.05) is 19.8 Å². The largest absolute Gasteiger partial charge is 0.481 e. The Balaban J connectivity index is 2.15. The Labute approximate surface area is 117 Å². The van der Waals surface area contributed by atoms with Gasteiger partial charge in [0.1, 0.15) is 4.90 Å². The minimum atomic E-state index is -3.61. The molecule has 1 N–H and O–H groups in total. The van der Waals surface area contributed by atoms with Crippen molar-refractivity contribution in [3.8, 4) is 0 Å². The lowest BCUT2D eigenvalue weighted by Crippen LogP contribution is -2.46. The van der Waals surface area contributed by atoms with Crippen LogP contribution in [0.4, 0.5) is 0 Å². The summed E-state index contributed by atoms with van der Waals surface area (Å²) in [7, 11) is -3.61. The Kier molecular flexibility index (Phi) is 4.41. The second-order valence-corrected chi connectivity index (χ2v) is 6.51. The van der Waals surface area contributed by atoms with Crippen LogP contribution in [0.15, 0.2) is 17.3 Å². The highest BCUT2D eigenvalue weighted by atomic mass is 32.2. The summed E-state index contributed by atoms with van der Waals surface area (Å²) in [6, 6.07) is -0.226. The average molecular weight is 303 g/mol. The Morgan fingerprint density at radius 1 is 1.60 bits per heavy atom. The standard InChI is InChI=1S/C11H17N3O5S/c1-9-8-19-5-4-14(9)20(17,18)10-6-12-13(7-10)3-2-11(15)16/h6-7,9H,2-5,8H2,1H3,(H,15,16)/t9-/m1/s1. The fourth-order valence-corrected chi connectivity index (χ4v) is 3.57. The summed E-state index contributed by atoms with van der Waals surface area (Å²) in [6.07, 6.45) is 2.51. The Hall–Kier alpha value is -1.45. The first kappa shape index (κ1) is 14.9. The van der Waals surface area contributed by atoms with Gasteiger partial charge in [-0.25, -0.2) is 8.42 Å². The van der Waals surface area contributed by atoms with Crippen molar-refractivity contribution >= 4 is 16.0 Å². The van der Waals surface area contributed by atoms with Gasteiger partial charge in [0.05, 0.1) is 32.4 Å². The van der Waals surface area contributed by atoms with Crippen LogP contribution >= 0.6 is 0 Å². The van der Waals surface area contributed by atoms with Crippen LogP contribution in [0.1, 0.15) is 13.3 Å². The van der Waals surface area contributed by atoms with Crippen molar-refractivity contribution in [1.82, 2.24) is 14.1 Å². The van der Waals surface area contributed by atoms with Gasteiger partial charge in [0.2, 0.25) is 10.0 Å². The molecule has 1 aliphatic rings. The molecule has 0 aliphatic carbocycles. The van der Waals surface area contributed by atoms with E-state index in [-0.39, 0.29) is 23.9 Å². The number of hydrogen-bond acceptors (Lipinski definition) is 5. The van der Waals surface area contributed by atoms with Crippen LogP contribution in [0.5, 0.6) is 0 Å². The molecule has 0 saturated carbocycles. The van der Waals surface area contributed by atoms with Gasteiger partial charge in [-0.2, -0.15) is 9.40 Å². The minimum Gasteiger partial charge on any atom is -0.481 e. The number of rotatable bonds is 5. The lowest BCUT2D eigenvalue weighted by molar-refractivity contribution is -0.137. The maximum atomic E-state index is 12.4. The molecule has 0 spiro atoms. The number of nitrogens with zero attached hydrogens (tertiary/aromatic N) is 3. The number of sulfonamides is 1. The van der Waals surface area contributed by atoms with Gasteiger partial charge < -0.3 is 9.84 Å². The molecular weight excluding hydrogens is 286 g/mol. The summed E-state index contributed by atoms with van der Waals surface area (Å²) >= 11 is 0.